The molecule has 17 heavy (non-hydrogen) atoms. The molecular formula is C15H22FN. The van der Waals surface area contributed by atoms with Crippen molar-refractivity contribution in [3.05, 3.63) is 35.1 Å². The molecule has 1 nitrogen and oxygen atoms in total. The molecule has 2 heteroatoms. The van der Waals surface area contributed by atoms with Crippen molar-refractivity contribution >= 4 is 0 Å². The molecule has 1 aromatic rings. The highest BCUT2D eigenvalue weighted by atomic mass is 19.1. The van der Waals surface area contributed by atoms with Crippen LogP contribution in [0.2, 0.25) is 0 Å². The fourth-order valence-corrected chi connectivity index (χ4v) is 2.82. The van der Waals surface area contributed by atoms with Gasteiger partial charge in [0.15, 0.2) is 0 Å². The Bertz CT molecular complexity index is 367. The summed E-state index contributed by atoms with van der Waals surface area (Å²) in [5, 5.41) is 3.36. The lowest BCUT2D eigenvalue weighted by molar-refractivity contribution is 0.300. The molecule has 2 rings (SSSR count). The Hall–Kier alpha value is -0.890. The van der Waals surface area contributed by atoms with Gasteiger partial charge in [0.05, 0.1) is 0 Å². The smallest absolute Gasteiger partial charge is 0.126 e. The normalized spacial score (nSPS) is 24.9. The highest BCUT2D eigenvalue weighted by Gasteiger charge is 2.20. The van der Waals surface area contributed by atoms with Gasteiger partial charge in [-0.2, -0.15) is 0 Å². The molecule has 0 unspecified atom stereocenters. The maximum atomic E-state index is 13.2. The van der Waals surface area contributed by atoms with Gasteiger partial charge in [-0.15, -0.1) is 0 Å². The van der Waals surface area contributed by atoms with Crippen molar-refractivity contribution < 1.29 is 4.39 Å². The van der Waals surface area contributed by atoms with Crippen molar-refractivity contribution in [2.75, 3.05) is 7.05 Å². The van der Waals surface area contributed by atoms with Crippen LogP contribution in [0.5, 0.6) is 0 Å². The first-order chi connectivity index (χ1) is 8.19. The number of halogens is 1. The third kappa shape index (κ3) is 3.29. The van der Waals surface area contributed by atoms with Crippen molar-refractivity contribution in [2.45, 2.75) is 45.1 Å². The standard InChI is InChI=1S/C15H22FN/c1-11-9-13(5-8-15(11)16)10-12-3-6-14(17-2)7-4-12/h5,8-9,12,14,17H,3-4,6-7,10H2,1-2H3. The number of nitrogens with one attached hydrogen (secondary N) is 1. The first kappa shape index (κ1) is 12.6. The van der Waals surface area contributed by atoms with Gasteiger partial charge in [0.25, 0.3) is 0 Å². The van der Waals surface area contributed by atoms with Crippen LogP contribution in [0.4, 0.5) is 4.39 Å². The Labute approximate surface area is 103 Å². The molecule has 1 aliphatic rings. The Kier molecular flexibility index (Phi) is 4.16. The SMILES string of the molecule is CNC1CCC(Cc2ccc(F)c(C)c2)CC1. The lowest BCUT2D eigenvalue weighted by Crippen LogP contribution is -2.30. The van der Waals surface area contributed by atoms with E-state index in [1.807, 2.05) is 26.1 Å². The van der Waals surface area contributed by atoms with E-state index in [1.165, 1.54) is 31.2 Å². The minimum absolute atomic E-state index is 0.0901. The van der Waals surface area contributed by atoms with Crippen LogP contribution in [0, 0.1) is 18.7 Å². The monoisotopic (exact) mass is 235 g/mol. The van der Waals surface area contributed by atoms with Crippen molar-refractivity contribution in [1.82, 2.24) is 5.32 Å². The molecule has 0 spiro atoms. The Morgan fingerprint density at radius 2 is 1.94 bits per heavy atom. The second kappa shape index (κ2) is 5.63. The largest absolute Gasteiger partial charge is 0.317 e. The summed E-state index contributed by atoms with van der Waals surface area (Å²) < 4.78 is 13.2. The maximum absolute atomic E-state index is 13.2. The molecule has 0 heterocycles. The van der Waals surface area contributed by atoms with Crippen LogP contribution in [0.25, 0.3) is 0 Å². The van der Waals surface area contributed by atoms with Gasteiger partial charge in [-0.3, -0.25) is 0 Å². The maximum Gasteiger partial charge on any atom is 0.126 e. The van der Waals surface area contributed by atoms with Gasteiger partial charge >= 0.3 is 0 Å². The summed E-state index contributed by atoms with van der Waals surface area (Å²) in [6.07, 6.45) is 6.25. The fraction of sp³-hybridized carbons (Fsp3) is 0.600. The third-order valence-corrected chi connectivity index (χ3v) is 4.00. The number of hydrogen-bond acceptors (Lipinski definition) is 1. The molecule has 1 fully saturated rings. The number of hydrogen-bond donors (Lipinski definition) is 1. The number of benzene rings is 1. The fourth-order valence-electron chi connectivity index (χ4n) is 2.82. The van der Waals surface area contributed by atoms with Gasteiger partial charge in [0.1, 0.15) is 5.82 Å². The van der Waals surface area contributed by atoms with Crippen LogP contribution in [0.3, 0.4) is 0 Å². The molecule has 0 aliphatic heterocycles. The Morgan fingerprint density at radius 3 is 2.53 bits per heavy atom. The molecule has 0 bridgehead atoms. The topological polar surface area (TPSA) is 12.0 Å². The molecule has 0 atom stereocenters. The molecular weight excluding hydrogens is 213 g/mol. The van der Waals surface area contributed by atoms with E-state index in [1.54, 1.807) is 6.07 Å². The highest BCUT2D eigenvalue weighted by Crippen LogP contribution is 2.27. The van der Waals surface area contributed by atoms with E-state index in [-0.39, 0.29) is 5.82 Å². The van der Waals surface area contributed by atoms with Crippen molar-refractivity contribution in [1.29, 1.82) is 0 Å². The van der Waals surface area contributed by atoms with E-state index in [2.05, 4.69) is 5.32 Å². The van der Waals surface area contributed by atoms with Gasteiger partial charge in [-0.1, -0.05) is 12.1 Å². The zero-order valence-electron chi connectivity index (χ0n) is 10.8. The van der Waals surface area contributed by atoms with Crippen LogP contribution in [-0.2, 0) is 6.42 Å². The Morgan fingerprint density at radius 1 is 1.24 bits per heavy atom. The van der Waals surface area contributed by atoms with Crippen LogP contribution >= 0.6 is 0 Å². The van der Waals surface area contributed by atoms with Crippen LogP contribution in [-0.4, -0.2) is 13.1 Å². The van der Waals surface area contributed by atoms with Crippen molar-refractivity contribution in [3.8, 4) is 0 Å². The van der Waals surface area contributed by atoms with E-state index in [0.29, 0.717) is 6.04 Å². The quantitative estimate of drug-likeness (QED) is 0.846. The number of rotatable bonds is 3. The minimum Gasteiger partial charge on any atom is -0.317 e. The van der Waals surface area contributed by atoms with Gasteiger partial charge in [-0.25, -0.2) is 4.39 Å². The summed E-state index contributed by atoms with van der Waals surface area (Å²) in [7, 11) is 2.05. The van der Waals surface area contributed by atoms with E-state index >= 15 is 0 Å². The zero-order chi connectivity index (χ0) is 12.3. The lowest BCUT2D eigenvalue weighted by Gasteiger charge is -2.28. The average molecular weight is 235 g/mol. The summed E-state index contributed by atoms with van der Waals surface area (Å²) in [5.74, 6) is 0.692. The molecule has 94 valence electrons. The van der Waals surface area contributed by atoms with Crippen LogP contribution in [0.15, 0.2) is 18.2 Å². The van der Waals surface area contributed by atoms with E-state index < -0.39 is 0 Å². The van der Waals surface area contributed by atoms with Gasteiger partial charge in [0.2, 0.25) is 0 Å². The molecule has 0 aromatic heterocycles. The molecule has 1 saturated carbocycles. The van der Waals surface area contributed by atoms with E-state index in [4.69, 9.17) is 0 Å². The molecule has 1 N–H and O–H groups in total. The second-order valence-corrected chi connectivity index (χ2v) is 5.29. The van der Waals surface area contributed by atoms with Crippen molar-refractivity contribution in [3.63, 3.8) is 0 Å². The van der Waals surface area contributed by atoms with E-state index in [0.717, 1.165) is 17.9 Å². The first-order valence-corrected chi connectivity index (χ1v) is 6.61. The summed E-state index contributed by atoms with van der Waals surface area (Å²) in [4.78, 5) is 0. The highest BCUT2D eigenvalue weighted by molar-refractivity contribution is 5.24. The number of aryl methyl sites for hydroxylation is 1. The molecule has 1 aromatic carbocycles. The minimum atomic E-state index is -0.0901. The van der Waals surface area contributed by atoms with Crippen LogP contribution < -0.4 is 5.32 Å². The van der Waals surface area contributed by atoms with Gasteiger partial charge in [0, 0.05) is 6.04 Å². The average Bonchev–Trinajstić information content (AvgIpc) is 2.35. The summed E-state index contributed by atoms with van der Waals surface area (Å²) in [6, 6.07) is 6.25. The Balaban J connectivity index is 1.91. The predicted octanol–water partition coefficient (Wildman–Crippen LogP) is 3.45. The summed E-state index contributed by atoms with van der Waals surface area (Å²) in [6.45, 7) is 1.84. The van der Waals surface area contributed by atoms with Crippen LogP contribution in [0.1, 0.15) is 36.8 Å². The van der Waals surface area contributed by atoms with E-state index in [9.17, 15) is 4.39 Å². The zero-order valence-corrected chi connectivity index (χ0v) is 10.8. The predicted molar refractivity (Wildman–Crippen MR) is 69.6 cm³/mol. The molecule has 0 radical (unpaired) electrons. The molecule has 0 saturated heterocycles. The van der Waals surface area contributed by atoms with Gasteiger partial charge in [-0.05, 0) is 69.2 Å². The van der Waals surface area contributed by atoms with Gasteiger partial charge < -0.3 is 5.32 Å². The second-order valence-electron chi connectivity index (χ2n) is 5.29. The molecule has 1 aliphatic carbocycles. The third-order valence-electron chi connectivity index (χ3n) is 4.00. The first-order valence-electron chi connectivity index (χ1n) is 6.61. The summed E-state index contributed by atoms with van der Waals surface area (Å²) in [5.41, 5.74) is 2.06. The molecule has 0 amide bonds. The lowest BCUT2D eigenvalue weighted by atomic mass is 9.82. The summed E-state index contributed by atoms with van der Waals surface area (Å²) >= 11 is 0. The van der Waals surface area contributed by atoms with Crippen molar-refractivity contribution in [2.24, 2.45) is 5.92 Å².